The van der Waals surface area contributed by atoms with Crippen molar-refractivity contribution in [3.8, 4) is 5.75 Å². The first-order chi connectivity index (χ1) is 12.6. The highest BCUT2D eigenvalue weighted by atomic mass is 16.5. The molecule has 0 bridgehead atoms. The van der Waals surface area contributed by atoms with Crippen LogP contribution in [-0.2, 0) is 4.79 Å². The molecule has 0 spiro atoms. The van der Waals surface area contributed by atoms with Crippen molar-refractivity contribution in [3.63, 3.8) is 0 Å². The van der Waals surface area contributed by atoms with Crippen molar-refractivity contribution in [1.82, 2.24) is 15.1 Å². The molecule has 140 valence electrons. The highest BCUT2D eigenvalue weighted by Gasteiger charge is 2.25. The van der Waals surface area contributed by atoms with Crippen molar-refractivity contribution < 1.29 is 9.53 Å². The molecule has 1 saturated heterocycles. The number of carbonyl (C=O) groups is 1. The Kier molecular flexibility index (Phi) is 5.93. The van der Waals surface area contributed by atoms with Crippen LogP contribution in [-0.4, -0.2) is 41.2 Å². The summed E-state index contributed by atoms with van der Waals surface area (Å²) in [6.07, 6.45) is 4.60. The van der Waals surface area contributed by atoms with Crippen molar-refractivity contribution in [1.29, 1.82) is 0 Å². The van der Waals surface area contributed by atoms with Crippen molar-refractivity contribution in [3.05, 3.63) is 41.2 Å². The van der Waals surface area contributed by atoms with Crippen LogP contribution < -0.4 is 10.1 Å². The van der Waals surface area contributed by atoms with Crippen LogP contribution in [0.2, 0.25) is 0 Å². The van der Waals surface area contributed by atoms with Crippen molar-refractivity contribution in [2.75, 3.05) is 25.5 Å². The van der Waals surface area contributed by atoms with E-state index < -0.39 is 0 Å². The van der Waals surface area contributed by atoms with Crippen LogP contribution in [0, 0.1) is 13.8 Å². The smallest absolute Gasteiger partial charge is 0.238 e. The summed E-state index contributed by atoms with van der Waals surface area (Å²) in [6.45, 7) is 5.14. The third-order valence-corrected chi connectivity index (χ3v) is 5.10. The predicted molar refractivity (Wildman–Crippen MR) is 102 cm³/mol. The molecule has 0 saturated carbocycles. The molecular formula is C20H28N4O2. The summed E-state index contributed by atoms with van der Waals surface area (Å²) in [5.74, 6) is 0.871. The fourth-order valence-corrected chi connectivity index (χ4v) is 3.66. The van der Waals surface area contributed by atoms with Gasteiger partial charge >= 0.3 is 0 Å². The number of carbonyl (C=O) groups excluding carboxylic acids is 1. The maximum Gasteiger partial charge on any atom is 0.238 e. The lowest BCUT2D eigenvalue weighted by molar-refractivity contribution is -0.117. The molecule has 1 aromatic heterocycles. The number of nitrogens with one attached hydrogen (secondary N) is 2. The van der Waals surface area contributed by atoms with Gasteiger partial charge in [0, 0.05) is 6.04 Å². The van der Waals surface area contributed by atoms with Crippen LogP contribution in [0.3, 0.4) is 0 Å². The molecular weight excluding hydrogens is 328 g/mol. The number of likely N-dealkylation sites (tertiary alicyclic amines) is 1. The lowest BCUT2D eigenvalue weighted by Gasteiger charge is -2.29. The molecule has 6 nitrogen and oxygen atoms in total. The molecule has 1 amide bonds. The van der Waals surface area contributed by atoms with E-state index in [1.165, 1.54) is 18.4 Å². The molecule has 1 aliphatic rings. The Bertz CT molecular complexity index is 719. The summed E-state index contributed by atoms with van der Waals surface area (Å²) in [6, 6.07) is 8.49. The SMILES string of the molecule is COc1ccc(C2CCCCCN2CC(=O)Nc2c(C)n[nH]c2C)cc1. The van der Waals surface area contributed by atoms with E-state index in [1.807, 2.05) is 26.0 Å². The third kappa shape index (κ3) is 4.25. The summed E-state index contributed by atoms with van der Waals surface area (Å²) in [5, 5.41) is 10.1. The number of benzene rings is 1. The number of anilines is 1. The molecule has 3 rings (SSSR count). The van der Waals surface area contributed by atoms with Crippen molar-refractivity contribution in [2.24, 2.45) is 0 Å². The zero-order chi connectivity index (χ0) is 18.5. The maximum atomic E-state index is 12.7. The normalized spacial score (nSPS) is 18.3. The summed E-state index contributed by atoms with van der Waals surface area (Å²) in [4.78, 5) is 15.0. The van der Waals surface area contributed by atoms with E-state index in [-0.39, 0.29) is 11.9 Å². The second-order valence-corrected chi connectivity index (χ2v) is 6.97. The van der Waals surface area contributed by atoms with Gasteiger partial charge in [0.15, 0.2) is 0 Å². The highest BCUT2D eigenvalue weighted by molar-refractivity contribution is 5.93. The van der Waals surface area contributed by atoms with Gasteiger partial charge in [0.2, 0.25) is 5.91 Å². The van der Waals surface area contributed by atoms with Crippen LogP contribution >= 0.6 is 0 Å². The zero-order valence-corrected chi connectivity index (χ0v) is 15.8. The van der Waals surface area contributed by atoms with Gasteiger partial charge in [-0.1, -0.05) is 25.0 Å². The molecule has 1 aromatic carbocycles. The molecule has 1 fully saturated rings. The number of aromatic nitrogens is 2. The van der Waals surface area contributed by atoms with E-state index in [4.69, 9.17) is 4.74 Å². The number of H-pyrrole nitrogens is 1. The lowest BCUT2D eigenvalue weighted by Crippen LogP contribution is -2.36. The average molecular weight is 356 g/mol. The van der Waals surface area contributed by atoms with Gasteiger partial charge in [-0.05, 0) is 50.9 Å². The molecule has 2 N–H and O–H groups in total. The first kappa shape index (κ1) is 18.5. The van der Waals surface area contributed by atoms with Gasteiger partial charge in [-0.25, -0.2) is 0 Å². The maximum absolute atomic E-state index is 12.7. The molecule has 1 aliphatic heterocycles. The summed E-state index contributed by atoms with van der Waals surface area (Å²) >= 11 is 0. The number of aryl methyl sites for hydroxylation is 2. The topological polar surface area (TPSA) is 70.2 Å². The average Bonchev–Trinajstić information content (AvgIpc) is 2.84. The van der Waals surface area contributed by atoms with Crippen LogP contribution in [0.25, 0.3) is 0 Å². The van der Waals surface area contributed by atoms with Gasteiger partial charge in [-0.2, -0.15) is 5.10 Å². The number of methoxy groups -OCH3 is 1. The van der Waals surface area contributed by atoms with E-state index in [9.17, 15) is 4.79 Å². The minimum absolute atomic E-state index is 0.0120. The van der Waals surface area contributed by atoms with Gasteiger partial charge in [-0.3, -0.25) is 14.8 Å². The quantitative estimate of drug-likeness (QED) is 0.859. The summed E-state index contributed by atoms with van der Waals surface area (Å²) in [7, 11) is 1.68. The Balaban J connectivity index is 1.72. The van der Waals surface area contributed by atoms with Crippen LogP contribution in [0.5, 0.6) is 5.75 Å². The van der Waals surface area contributed by atoms with Gasteiger partial charge in [0.25, 0.3) is 0 Å². The Morgan fingerprint density at radius 1 is 1.27 bits per heavy atom. The van der Waals surface area contributed by atoms with Crippen LogP contribution in [0.15, 0.2) is 24.3 Å². The van der Waals surface area contributed by atoms with E-state index in [2.05, 4.69) is 32.5 Å². The molecule has 26 heavy (non-hydrogen) atoms. The van der Waals surface area contributed by atoms with E-state index in [0.29, 0.717) is 6.54 Å². The summed E-state index contributed by atoms with van der Waals surface area (Å²) in [5.41, 5.74) is 3.75. The number of ether oxygens (including phenoxy) is 1. The molecule has 1 atom stereocenters. The van der Waals surface area contributed by atoms with Gasteiger partial charge in [0.05, 0.1) is 30.7 Å². The van der Waals surface area contributed by atoms with Crippen LogP contribution in [0.1, 0.15) is 48.7 Å². The predicted octanol–water partition coefficient (Wildman–Crippen LogP) is 3.59. The van der Waals surface area contributed by atoms with E-state index in [1.54, 1.807) is 7.11 Å². The highest BCUT2D eigenvalue weighted by Crippen LogP contribution is 2.31. The second kappa shape index (κ2) is 8.36. The Hall–Kier alpha value is -2.34. The second-order valence-electron chi connectivity index (χ2n) is 6.97. The van der Waals surface area contributed by atoms with Crippen molar-refractivity contribution >= 4 is 11.6 Å². The fourth-order valence-electron chi connectivity index (χ4n) is 3.66. The largest absolute Gasteiger partial charge is 0.497 e. The van der Waals surface area contributed by atoms with E-state index >= 15 is 0 Å². The van der Waals surface area contributed by atoms with Gasteiger partial charge < -0.3 is 10.1 Å². The van der Waals surface area contributed by atoms with Gasteiger partial charge in [0.1, 0.15) is 5.75 Å². The minimum atomic E-state index is 0.0120. The number of nitrogens with zero attached hydrogens (tertiary/aromatic N) is 2. The van der Waals surface area contributed by atoms with E-state index in [0.717, 1.165) is 42.2 Å². The summed E-state index contributed by atoms with van der Waals surface area (Å²) < 4.78 is 5.27. The monoisotopic (exact) mass is 356 g/mol. The molecule has 2 heterocycles. The standard InChI is InChI=1S/C20H28N4O2/c1-14-20(15(2)23-22-14)21-19(25)13-24-12-6-4-5-7-18(24)16-8-10-17(26-3)11-9-16/h8-11,18H,4-7,12-13H2,1-3H3,(H,21,25)(H,22,23). The molecule has 0 radical (unpaired) electrons. The minimum Gasteiger partial charge on any atom is -0.497 e. The fraction of sp³-hybridized carbons (Fsp3) is 0.500. The van der Waals surface area contributed by atoms with Gasteiger partial charge in [-0.15, -0.1) is 0 Å². The number of rotatable bonds is 5. The molecule has 0 aliphatic carbocycles. The van der Waals surface area contributed by atoms with Crippen LogP contribution in [0.4, 0.5) is 5.69 Å². The Morgan fingerprint density at radius 2 is 2.04 bits per heavy atom. The number of hydrogen-bond donors (Lipinski definition) is 2. The Labute approximate surface area is 154 Å². The Morgan fingerprint density at radius 3 is 2.69 bits per heavy atom. The first-order valence-corrected chi connectivity index (χ1v) is 9.28. The first-order valence-electron chi connectivity index (χ1n) is 9.28. The van der Waals surface area contributed by atoms with Crippen molar-refractivity contribution in [2.45, 2.75) is 45.6 Å². The third-order valence-electron chi connectivity index (χ3n) is 5.10. The molecule has 2 aromatic rings. The molecule has 6 heteroatoms. The number of aromatic amines is 1. The number of hydrogen-bond acceptors (Lipinski definition) is 4. The lowest BCUT2D eigenvalue weighted by atomic mass is 10.0. The molecule has 1 unspecified atom stereocenters. The zero-order valence-electron chi connectivity index (χ0n) is 15.8. The number of amides is 1.